The molecular weight excluding hydrogens is 292 g/mol. The molecular formula is C19H30O4. The van der Waals surface area contributed by atoms with E-state index < -0.39 is 0 Å². The minimum absolute atomic E-state index is 0.151. The first-order valence-corrected chi connectivity index (χ1v) is 9.11. The Hall–Kier alpha value is -1.32. The molecule has 4 nitrogen and oxygen atoms in total. The second-order valence-electron chi connectivity index (χ2n) is 6.97. The molecule has 0 spiro atoms. The first-order valence-electron chi connectivity index (χ1n) is 9.11. The van der Waals surface area contributed by atoms with Crippen LogP contribution in [0.15, 0.2) is 11.1 Å². The molecule has 0 saturated heterocycles. The van der Waals surface area contributed by atoms with Gasteiger partial charge in [-0.2, -0.15) is 0 Å². The molecule has 4 atom stereocenters. The molecule has 0 aromatic heterocycles. The van der Waals surface area contributed by atoms with Gasteiger partial charge in [0.25, 0.3) is 0 Å². The molecule has 0 heterocycles. The van der Waals surface area contributed by atoms with Gasteiger partial charge in [0.15, 0.2) is 0 Å². The van der Waals surface area contributed by atoms with E-state index >= 15 is 0 Å². The van der Waals surface area contributed by atoms with Gasteiger partial charge in [-0.3, -0.25) is 0 Å². The number of hydrogen-bond acceptors (Lipinski definition) is 4. The number of carbonyl (C=O) groups excluding carboxylic acids is 2. The first-order chi connectivity index (χ1) is 11.0. The summed E-state index contributed by atoms with van der Waals surface area (Å²) in [4.78, 5) is 25.0. The number of esters is 2. The summed E-state index contributed by atoms with van der Waals surface area (Å²) in [7, 11) is 0. The molecule has 4 unspecified atom stereocenters. The second-order valence-corrected chi connectivity index (χ2v) is 6.97. The Morgan fingerprint density at radius 2 is 1.26 bits per heavy atom. The predicted molar refractivity (Wildman–Crippen MR) is 88.7 cm³/mol. The smallest absolute Gasteiger partial charge is 0.334 e. The molecule has 0 N–H and O–H groups in total. The van der Waals surface area contributed by atoms with E-state index in [2.05, 4.69) is 27.7 Å². The topological polar surface area (TPSA) is 52.6 Å². The van der Waals surface area contributed by atoms with Gasteiger partial charge in [0.1, 0.15) is 0 Å². The third-order valence-electron chi connectivity index (χ3n) is 5.54. The highest BCUT2D eigenvalue weighted by atomic mass is 16.5. The quantitative estimate of drug-likeness (QED) is 0.502. The van der Waals surface area contributed by atoms with Gasteiger partial charge in [-0.15, -0.1) is 0 Å². The minimum Gasteiger partial charge on any atom is -0.462 e. The molecule has 1 fully saturated rings. The fraction of sp³-hybridized carbons (Fsp3) is 0.789. The predicted octanol–water partition coefficient (Wildman–Crippen LogP) is 3.89. The molecule has 0 amide bonds. The average molecular weight is 322 g/mol. The molecule has 130 valence electrons. The maximum atomic E-state index is 12.5. The Morgan fingerprint density at radius 1 is 0.870 bits per heavy atom. The Kier molecular flexibility index (Phi) is 6.25. The van der Waals surface area contributed by atoms with Crippen molar-refractivity contribution in [3.8, 4) is 0 Å². The van der Waals surface area contributed by atoms with Crippen LogP contribution in [-0.4, -0.2) is 25.2 Å². The SMILES string of the molecule is CCCCOC(=O)C1=C(C(=O)OCCCC)C2CC1C(C)C2C. The van der Waals surface area contributed by atoms with Crippen LogP contribution in [0.3, 0.4) is 0 Å². The van der Waals surface area contributed by atoms with Gasteiger partial charge in [-0.1, -0.05) is 40.5 Å². The first kappa shape index (κ1) is 18.0. The van der Waals surface area contributed by atoms with E-state index in [9.17, 15) is 9.59 Å². The van der Waals surface area contributed by atoms with Crippen LogP contribution in [-0.2, 0) is 19.1 Å². The summed E-state index contributed by atoms with van der Waals surface area (Å²) >= 11 is 0. The van der Waals surface area contributed by atoms with Crippen LogP contribution < -0.4 is 0 Å². The van der Waals surface area contributed by atoms with Crippen molar-refractivity contribution in [1.82, 2.24) is 0 Å². The lowest BCUT2D eigenvalue weighted by atomic mass is 9.77. The average Bonchev–Trinajstić information content (AvgIpc) is 3.05. The van der Waals surface area contributed by atoms with E-state index in [0.29, 0.717) is 36.2 Å². The van der Waals surface area contributed by atoms with Gasteiger partial charge in [-0.05, 0) is 42.9 Å². The van der Waals surface area contributed by atoms with E-state index in [-0.39, 0.29) is 23.8 Å². The molecule has 0 aromatic rings. The fourth-order valence-corrected chi connectivity index (χ4v) is 3.89. The molecule has 2 aliphatic carbocycles. The molecule has 2 aliphatic rings. The summed E-state index contributed by atoms with van der Waals surface area (Å²) in [5, 5.41) is 0. The Bertz CT molecular complexity index is 438. The van der Waals surface area contributed by atoms with Gasteiger partial charge < -0.3 is 9.47 Å². The highest BCUT2D eigenvalue weighted by Gasteiger charge is 2.53. The number of rotatable bonds is 8. The zero-order chi connectivity index (χ0) is 17.0. The maximum absolute atomic E-state index is 12.5. The standard InChI is InChI=1S/C19H30O4/c1-5-7-9-22-18(20)16-14-11-15(13(4)12(14)3)17(16)19(21)23-10-8-6-2/h12-15H,5-11H2,1-4H3. The largest absolute Gasteiger partial charge is 0.462 e. The van der Waals surface area contributed by atoms with E-state index in [1.807, 2.05) is 0 Å². The van der Waals surface area contributed by atoms with Crippen molar-refractivity contribution in [3.63, 3.8) is 0 Å². The fourth-order valence-electron chi connectivity index (χ4n) is 3.89. The zero-order valence-electron chi connectivity index (χ0n) is 14.9. The Morgan fingerprint density at radius 3 is 1.61 bits per heavy atom. The molecule has 1 saturated carbocycles. The maximum Gasteiger partial charge on any atom is 0.334 e. The molecule has 23 heavy (non-hydrogen) atoms. The summed E-state index contributed by atoms with van der Waals surface area (Å²) in [5.74, 6) is 0.539. The monoisotopic (exact) mass is 322 g/mol. The summed E-state index contributed by atoms with van der Waals surface area (Å²) in [6, 6.07) is 0. The van der Waals surface area contributed by atoms with Crippen molar-refractivity contribution in [2.45, 2.75) is 59.8 Å². The zero-order valence-corrected chi connectivity index (χ0v) is 14.9. The van der Waals surface area contributed by atoms with E-state index in [4.69, 9.17) is 9.47 Å². The van der Waals surface area contributed by atoms with Crippen LogP contribution in [0, 0.1) is 23.7 Å². The van der Waals surface area contributed by atoms with Crippen LogP contribution >= 0.6 is 0 Å². The highest BCUT2D eigenvalue weighted by molar-refractivity contribution is 6.02. The lowest BCUT2D eigenvalue weighted by molar-refractivity contribution is -0.143. The molecule has 0 radical (unpaired) electrons. The van der Waals surface area contributed by atoms with Crippen LogP contribution in [0.1, 0.15) is 59.8 Å². The lowest BCUT2D eigenvalue weighted by Gasteiger charge is -2.28. The van der Waals surface area contributed by atoms with Crippen molar-refractivity contribution < 1.29 is 19.1 Å². The molecule has 2 rings (SSSR count). The van der Waals surface area contributed by atoms with Crippen molar-refractivity contribution in [2.24, 2.45) is 23.7 Å². The van der Waals surface area contributed by atoms with Gasteiger partial charge in [0.2, 0.25) is 0 Å². The summed E-state index contributed by atoms with van der Waals surface area (Å²) in [5.41, 5.74) is 1.22. The van der Waals surface area contributed by atoms with Gasteiger partial charge in [0, 0.05) is 0 Å². The van der Waals surface area contributed by atoms with Crippen molar-refractivity contribution in [1.29, 1.82) is 0 Å². The van der Waals surface area contributed by atoms with Gasteiger partial charge in [0.05, 0.1) is 24.4 Å². The van der Waals surface area contributed by atoms with Crippen molar-refractivity contribution in [2.75, 3.05) is 13.2 Å². The van der Waals surface area contributed by atoms with Crippen LogP contribution in [0.25, 0.3) is 0 Å². The molecule has 0 aliphatic heterocycles. The third kappa shape index (κ3) is 3.61. The van der Waals surface area contributed by atoms with Gasteiger partial charge in [-0.25, -0.2) is 9.59 Å². The van der Waals surface area contributed by atoms with Crippen LogP contribution in [0.4, 0.5) is 0 Å². The molecule has 2 bridgehead atoms. The number of unbranched alkanes of at least 4 members (excludes halogenated alkanes) is 2. The van der Waals surface area contributed by atoms with Crippen LogP contribution in [0.5, 0.6) is 0 Å². The Labute approximate surface area is 139 Å². The van der Waals surface area contributed by atoms with E-state index in [1.165, 1.54) is 0 Å². The highest BCUT2D eigenvalue weighted by Crippen LogP contribution is 2.55. The van der Waals surface area contributed by atoms with Crippen molar-refractivity contribution in [3.05, 3.63) is 11.1 Å². The second kappa shape index (κ2) is 7.98. The van der Waals surface area contributed by atoms with E-state index in [0.717, 1.165) is 32.1 Å². The molecule has 0 aromatic carbocycles. The van der Waals surface area contributed by atoms with Crippen LogP contribution in [0.2, 0.25) is 0 Å². The van der Waals surface area contributed by atoms with Gasteiger partial charge >= 0.3 is 11.9 Å². The minimum atomic E-state index is -0.299. The number of hydrogen-bond donors (Lipinski definition) is 0. The molecule has 4 heteroatoms. The normalized spacial score (nSPS) is 29.0. The van der Waals surface area contributed by atoms with Crippen molar-refractivity contribution >= 4 is 11.9 Å². The number of fused-ring (bicyclic) bond motifs is 2. The van der Waals surface area contributed by atoms with E-state index in [1.54, 1.807) is 0 Å². The summed E-state index contributed by atoms with van der Waals surface area (Å²) < 4.78 is 10.8. The lowest BCUT2D eigenvalue weighted by Crippen LogP contribution is -2.29. The third-order valence-corrected chi connectivity index (χ3v) is 5.54. The summed E-state index contributed by atoms with van der Waals surface area (Å²) in [6.45, 7) is 9.33. The number of ether oxygens (including phenoxy) is 2. The number of carbonyl (C=O) groups is 2. The summed E-state index contributed by atoms with van der Waals surface area (Å²) in [6.07, 6.45) is 4.57. The Balaban J connectivity index is 2.18.